The van der Waals surface area contributed by atoms with E-state index in [0.29, 0.717) is 30.0 Å². The standard InChI is InChI=1S/C31H34N2O2/c1-20-12-16-35-31(20)13-11-28-26-9-5-22-17-24(34)8-10-25(22)29(26)27(18-30(28,31)2)21-3-6-23(7-4-21)33-15-14-32-19-33/h3-4,6-7,14-15,17,19,26-28H,1,5,8-13,16,18H2,2H3/t26-,27+,28-,30-,31-/m0/s1. The van der Waals surface area contributed by atoms with Gasteiger partial charge in [-0.25, -0.2) is 4.98 Å². The number of benzene rings is 1. The zero-order valence-corrected chi connectivity index (χ0v) is 20.6. The Bertz CT molecular complexity index is 1270. The SMILES string of the molecule is C=C1CCO[C@@]12CC[C@H]1[C@@H]3CCC4=CC(=O)CCC4=C3[C@@H](c3ccc(-n4ccnc4)cc3)C[C@@]12C. The molecule has 4 nitrogen and oxygen atoms in total. The second kappa shape index (κ2) is 7.64. The Balaban J connectivity index is 1.37. The molecule has 4 aliphatic carbocycles. The first kappa shape index (κ1) is 21.6. The third-order valence-corrected chi connectivity index (χ3v) is 10.3. The number of imidazole rings is 1. The Kier molecular flexibility index (Phi) is 4.70. The van der Waals surface area contributed by atoms with Crippen molar-refractivity contribution in [3.8, 4) is 5.69 Å². The van der Waals surface area contributed by atoms with Crippen molar-refractivity contribution in [2.75, 3.05) is 6.61 Å². The van der Waals surface area contributed by atoms with Crippen molar-refractivity contribution in [3.63, 3.8) is 0 Å². The van der Waals surface area contributed by atoms with E-state index in [2.05, 4.69) is 47.3 Å². The van der Waals surface area contributed by atoms with Gasteiger partial charge in [-0.05, 0) is 97.3 Å². The van der Waals surface area contributed by atoms with Gasteiger partial charge in [-0.2, -0.15) is 0 Å². The Morgan fingerprint density at radius 1 is 1.11 bits per heavy atom. The van der Waals surface area contributed by atoms with Gasteiger partial charge in [-0.1, -0.05) is 31.2 Å². The van der Waals surface area contributed by atoms with Gasteiger partial charge in [-0.3, -0.25) is 4.79 Å². The van der Waals surface area contributed by atoms with Gasteiger partial charge in [0.15, 0.2) is 5.78 Å². The number of nitrogens with zero attached hydrogens (tertiary/aromatic N) is 2. The summed E-state index contributed by atoms with van der Waals surface area (Å²) >= 11 is 0. The number of hydrogen-bond acceptors (Lipinski definition) is 3. The van der Waals surface area contributed by atoms with Gasteiger partial charge in [0.1, 0.15) is 0 Å². The first-order valence-electron chi connectivity index (χ1n) is 13.4. The van der Waals surface area contributed by atoms with E-state index in [4.69, 9.17) is 4.74 Å². The largest absolute Gasteiger partial charge is 0.370 e. The number of rotatable bonds is 2. The Labute approximate surface area is 207 Å². The van der Waals surface area contributed by atoms with Gasteiger partial charge >= 0.3 is 0 Å². The maximum absolute atomic E-state index is 12.3. The predicted octanol–water partition coefficient (Wildman–Crippen LogP) is 6.49. The second-order valence-corrected chi connectivity index (χ2v) is 11.6. The summed E-state index contributed by atoms with van der Waals surface area (Å²) in [5, 5.41) is 0. The van der Waals surface area contributed by atoms with Crippen molar-refractivity contribution in [2.45, 2.75) is 69.8 Å². The molecule has 5 aliphatic rings. The van der Waals surface area contributed by atoms with Crippen LogP contribution in [-0.2, 0) is 9.53 Å². The van der Waals surface area contributed by atoms with Crippen LogP contribution in [-0.4, -0.2) is 27.5 Å². The highest BCUT2D eigenvalue weighted by atomic mass is 16.5. The summed E-state index contributed by atoms with van der Waals surface area (Å²) in [5.74, 6) is 1.86. The first-order chi connectivity index (χ1) is 17.0. The maximum atomic E-state index is 12.3. The van der Waals surface area contributed by atoms with Crippen molar-refractivity contribution in [2.24, 2.45) is 17.3 Å². The predicted molar refractivity (Wildman–Crippen MR) is 136 cm³/mol. The summed E-state index contributed by atoms with van der Waals surface area (Å²) in [6.45, 7) is 7.89. The van der Waals surface area contributed by atoms with E-state index in [1.807, 2.05) is 24.8 Å². The summed E-state index contributed by atoms with van der Waals surface area (Å²) in [4.78, 5) is 16.5. The highest BCUT2D eigenvalue weighted by Crippen LogP contribution is 2.70. The molecule has 2 saturated carbocycles. The van der Waals surface area contributed by atoms with Crippen LogP contribution in [0.1, 0.15) is 69.8 Å². The minimum Gasteiger partial charge on any atom is -0.370 e. The van der Waals surface area contributed by atoms with E-state index in [1.54, 1.807) is 5.57 Å². The van der Waals surface area contributed by atoms with Crippen molar-refractivity contribution in [3.05, 3.63) is 83.5 Å². The molecule has 0 N–H and O–H groups in total. The summed E-state index contributed by atoms with van der Waals surface area (Å²) in [7, 11) is 0. The molecule has 5 atom stereocenters. The molecule has 0 amide bonds. The van der Waals surface area contributed by atoms with Gasteiger partial charge in [0.2, 0.25) is 0 Å². The molecule has 1 aliphatic heterocycles. The zero-order chi connectivity index (χ0) is 23.8. The molecule has 0 bridgehead atoms. The lowest BCUT2D eigenvalue weighted by atomic mass is 9.50. The van der Waals surface area contributed by atoms with Crippen molar-refractivity contribution in [1.29, 1.82) is 0 Å². The fourth-order valence-electron chi connectivity index (χ4n) is 8.71. The molecule has 0 unspecified atom stereocenters. The normalized spacial score (nSPS) is 36.3. The first-order valence-corrected chi connectivity index (χ1v) is 13.4. The third kappa shape index (κ3) is 2.95. The molecular formula is C31H34N2O2. The molecule has 0 radical (unpaired) electrons. The van der Waals surface area contributed by atoms with Gasteiger partial charge in [0.05, 0.1) is 18.5 Å². The molecule has 1 saturated heterocycles. The number of ether oxygens (including phenoxy) is 1. The Morgan fingerprint density at radius 3 is 2.71 bits per heavy atom. The lowest BCUT2D eigenvalue weighted by molar-refractivity contribution is -0.114. The van der Waals surface area contributed by atoms with Gasteiger partial charge < -0.3 is 9.30 Å². The Morgan fingerprint density at radius 2 is 1.97 bits per heavy atom. The molecule has 2 aromatic rings. The molecule has 2 heterocycles. The average Bonchev–Trinajstić information content (AvgIpc) is 3.60. The number of carbonyl (C=O) groups is 1. The second-order valence-electron chi connectivity index (χ2n) is 11.6. The molecular weight excluding hydrogens is 432 g/mol. The van der Waals surface area contributed by atoms with E-state index < -0.39 is 0 Å². The van der Waals surface area contributed by atoms with E-state index in [9.17, 15) is 4.79 Å². The lowest BCUT2D eigenvalue weighted by Gasteiger charge is -2.55. The molecule has 3 fully saturated rings. The van der Waals surface area contributed by atoms with Crippen molar-refractivity contribution >= 4 is 5.78 Å². The van der Waals surface area contributed by atoms with E-state index in [0.717, 1.165) is 50.8 Å². The van der Waals surface area contributed by atoms with Crippen LogP contribution in [0.2, 0.25) is 0 Å². The summed E-state index contributed by atoms with van der Waals surface area (Å²) in [6.07, 6.45) is 15.8. The number of aromatic nitrogens is 2. The van der Waals surface area contributed by atoms with Crippen LogP contribution in [0.15, 0.2) is 77.9 Å². The monoisotopic (exact) mass is 466 g/mol. The number of allylic oxidation sites excluding steroid dienone is 4. The maximum Gasteiger partial charge on any atom is 0.156 e. The van der Waals surface area contributed by atoms with Crippen molar-refractivity contribution in [1.82, 2.24) is 9.55 Å². The van der Waals surface area contributed by atoms with Crippen LogP contribution in [0.25, 0.3) is 5.69 Å². The summed E-state index contributed by atoms with van der Waals surface area (Å²) < 4.78 is 8.72. The third-order valence-electron chi connectivity index (χ3n) is 10.3. The van der Waals surface area contributed by atoms with Gasteiger partial charge in [0, 0.05) is 35.8 Å². The summed E-state index contributed by atoms with van der Waals surface area (Å²) in [6, 6.07) is 9.11. The zero-order valence-electron chi connectivity index (χ0n) is 20.6. The van der Waals surface area contributed by atoms with E-state index in [-0.39, 0.29) is 11.0 Å². The topological polar surface area (TPSA) is 44.1 Å². The van der Waals surface area contributed by atoms with Crippen LogP contribution in [0, 0.1) is 17.3 Å². The quantitative estimate of drug-likeness (QED) is 0.475. The lowest BCUT2D eigenvalue weighted by Crippen LogP contribution is -2.52. The molecule has 4 heteroatoms. The number of carbonyl (C=O) groups excluding carboxylic acids is 1. The Hall–Kier alpha value is -2.72. The highest BCUT2D eigenvalue weighted by molar-refractivity contribution is 5.93. The van der Waals surface area contributed by atoms with Gasteiger partial charge in [-0.15, -0.1) is 0 Å². The molecule has 180 valence electrons. The minimum atomic E-state index is -0.165. The van der Waals surface area contributed by atoms with Crippen LogP contribution >= 0.6 is 0 Å². The number of ketones is 1. The van der Waals surface area contributed by atoms with Gasteiger partial charge in [0.25, 0.3) is 0 Å². The van der Waals surface area contributed by atoms with Crippen LogP contribution in [0.4, 0.5) is 0 Å². The van der Waals surface area contributed by atoms with E-state index in [1.165, 1.54) is 28.7 Å². The smallest absolute Gasteiger partial charge is 0.156 e. The van der Waals surface area contributed by atoms with Crippen molar-refractivity contribution < 1.29 is 9.53 Å². The molecule has 7 rings (SSSR count). The number of hydrogen-bond donors (Lipinski definition) is 0. The summed E-state index contributed by atoms with van der Waals surface area (Å²) in [5.41, 5.74) is 8.27. The van der Waals surface area contributed by atoms with E-state index >= 15 is 0 Å². The fourth-order valence-corrected chi connectivity index (χ4v) is 8.71. The van der Waals surface area contributed by atoms with Crippen LogP contribution < -0.4 is 0 Å². The average molecular weight is 467 g/mol. The van der Waals surface area contributed by atoms with Crippen LogP contribution in [0.5, 0.6) is 0 Å². The molecule has 1 spiro atoms. The highest BCUT2D eigenvalue weighted by Gasteiger charge is 2.65. The molecule has 35 heavy (non-hydrogen) atoms. The minimum absolute atomic E-state index is 0.0920. The van der Waals surface area contributed by atoms with Crippen LogP contribution in [0.3, 0.4) is 0 Å². The molecule has 1 aromatic heterocycles. The fraction of sp³-hybridized carbons (Fsp3) is 0.484. The number of fused-ring (bicyclic) bond motifs is 5. The molecule has 1 aromatic carbocycles.